The Morgan fingerprint density at radius 2 is 1.58 bits per heavy atom. The van der Waals surface area contributed by atoms with E-state index < -0.39 is 17.6 Å². The van der Waals surface area contributed by atoms with E-state index in [1.807, 2.05) is 42.6 Å². The standard InChI is InChI=1S/C23H17FN4O2S/c1-14-4-9-18(17(13-14)19-3-2-12-31-19)28-23(30)21-20(25-10-11-26-21)22(29)27-16-7-5-15(24)6-8-16/h2-13H,1H3,(H,27,29)(H,28,30). The first-order valence-corrected chi connectivity index (χ1v) is 10.2. The maximum absolute atomic E-state index is 13.1. The molecule has 0 atom stereocenters. The highest BCUT2D eigenvalue weighted by molar-refractivity contribution is 7.13. The predicted octanol–water partition coefficient (Wildman–Crippen LogP) is 5.16. The molecule has 2 aromatic heterocycles. The average Bonchev–Trinajstić information content (AvgIpc) is 3.31. The van der Waals surface area contributed by atoms with E-state index in [1.54, 1.807) is 11.3 Å². The first kappa shape index (κ1) is 20.4. The Bertz CT molecular complexity index is 1240. The van der Waals surface area contributed by atoms with Crippen molar-refractivity contribution in [3.8, 4) is 10.4 Å². The minimum Gasteiger partial charge on any atom is -0.321 e. The van der Waals surface area contributed by atoms with Gasteiger partial charge >= 0.3 is 0 Å². The zero-order valence-corrected chi connectivity index (χ0v) is 17.2. The molecule has 0 spiro atoms. The third kappa shape index (κ3) is 4.65. The van der Waals surface area contributed by atoms with Crippen LogP contribution in [0, 0.1) is 12.7 Å². The summed E-state index contributed by atoms with van der Waals surface area (Å²) in [5, 5.41) is 7.41. The minimum absolute atomic E-state index is 0.111. The Morgan fingerprint density at radius 1 is 0.903 bits per heavy atom. The molecule has 0 unspecified atom stereocenters. The average molecular weight is 432 g/mol. The lowest BCUT2D eigenvalue weighted by atomic mass is 10.1. The van der Waals surface area contributed by atoms with Crippen LogP contribution in [-0.4, -0.2) is 21.8 Å². The largest absolute Gasteiger partial charge is 0.321 e. The molecule has 0 aliphatic rings. The number of carbonyl (C=O) groups excluding carboxylic acids is 2. The van der Waals surface area contributed by atoms with Crippen LogP contribution in [0.1, 0.15) is 26.5 Å². The van der Waals surface area contributed by atoms with E-state index in [-0.39, 0.29) is 11.4 Å². The molecule has 0 bridgehead atoms. The number of amides is 2. The van der Waals surface area contributed by atoms with E-state index in [4.69, 9.17) is 0 Å². The Hall–Kier alpha value is -3.91. The number of carbonyl (C=O) groups is 2. The van der Waals surface area contributed by atoms with Gasteiger partial charge in [-0.15, -0.1) is 11.3 Å². The van der Waals surface area contributed by atoms with Gasteiger partial charge < -0.3 is 10.6 Å². The molecule has 8 heteroatoms. The summed E-state index contributed by atoms with van der Waals surface area (Å²) in [6.07, 6.45) is 2.68. The number of aromatic nitrogens is 2. The molecule has 0 aliphatic carbocycles. The van der Waals surface area contributed by atoms with Gasteiger partial charge in [0.25, 0.3) is 11.8 Å². The number of nitrogens with one attached hydrogen (secondary N) is 2. The lowest BCUT2D eigenvalue weighted by Crippen LogP contribution is -2.23. The predicted molar refractivity (Wildman–Crippen MR) is 119 cm³/mol. The zero-order valence-electron chi connectivity index (χ0n) is 16.4. The van der Waals surface area contributed by atoms with E-state index in [1.165, 1.54) is 36.7 Å². The number of hydrogen-bond acceptors (Lipinski definition) is 5. The van der Waals surface area contributed by atoms with Crippen molar-refractivity contribution in [2.45, 2.75) is 6.92 Å². The maximum atomic E-state index is 13.1. The molecular formula is C23H17FN4O2S. The second kappa shape index (κ2) is 8.85. The molecule has 2 heterocycles. The normalized spacial score (nSPS) is 10.5. The van der Waals surface area contributed by atoms with Crippen molar-refractivity contribution >= 4 is 34.5 Å². The van der Waals surface area contributed by atoms with Gasteiger partial charge in [-0.2, -0.15) is 0 Å². The lowest BCUT2D eigenvalue weighted by molar-refractivity contribution is 0.0983. The van der Waals surface area contributed by atoms with Gasteiger partial charge in [-0.05, 0) is 54.8 Å². The van der Waals surface area contributed by atoms with Crippen LogP contribution in [0.2, 0.25) is 0 Å². The Labute approximate surface area is 181 Å². The SMILES string of the molecule is Cc1ccc(NC(=O)c2nccnc2C(=O)Nc2ccc(F)cc2)c(-c2cccs2)c1. The van der Waals surface area contributed by atoms with Gasteiger partial charge in [0.05, 0.1) is 0 Å². The molecule has 6 nitrogen and oxygen atoms in total. The Kier molecular flexibility index (Phi) is 5.81. The molecule has 2 N–H and O–H groups in total. The van der Waals surface area contributed by atoms with Crippen molar-refractivity contribution < 1.29 is 14.0 Å². The smallest absolute Gasteiger partial charge is 0.276 e. The summed E-state index contributed by atoms with van der Waals surface area (Å²) in [4.78, 5) is 34.8. The van der Waals surface area contributed by atoms with E-state index in [0.29, 0.717) is 11.4 Å². The van der Waals surface area contributed by atoms with Crippen molar-refractivity contribution in [1.29, 1.82) is 0 Å². The van der Waals surface area contributed by atoms with Crippen LogP contribution in [0.15, 0.2) is 72.4 Å². The topological polar surface area (TPSA) is 84.0 Å². The molecule has 0 radical (unpaired) electrons. The summed E-state index contributed by atoms with van der Waals surface area (Å²) >= 11 is 1.56. The molecule has 31 heavy (non-hydrogen) atoms. The van der Waals surface area contributed by atoms with E-state index in [9.17, 15) is 14.0 Å². The molecular weight excluding hydrogens is 415 g/mol. The first-order valence-electron chi connectivity index (χ1n) is 9.35. The van der Waals surface area contributed by atoms with E-state index in [2.05, 4.69) is 20.6 Å². The highest BCUT2D eigenvalue weighted by Crippen LogP contribution is 2.32. The second-order valence-electron chi connectivity index (χ2n) is 6.70. The Morgan fingerprint density at radius 3 is 2.23 bits per heavy atom. The number of halogens is 1. The van der Waals surface area contributed by atoms with Gasteiger partial charge in [-0.3, -0.25) is 9.59 Å². The summed E-state index contributed by atoms with van der Waals surface area (Å²) in [5.74, 6) is -1.59. The van der Waals surface area contributed by atoms with Crippen molar-refractivity contribution in [2.75, 3.05) is 10.6 Å². The molecule has 2 aromatic carbocycles. The van der Waals surface area contributed by atoms with Gasteiger partial charge in [-0.1, -0.05) is 17.7 Å². The number of thiophene rings is 1. The molecule has 2 amide bonds. The molecule has 4 rings (SSSR count). The lowest BCUT2D eigenvalue weighted by Gasteiger charge is -2.12. The number of rotatable bonds is 5. The molecule has 0 saturated carbocycles. The number of benzene rings is 2. The van der Waals surface area contributed by atoms with Crippen LogP contribution in [0.25, 0.3) is 10.4 Å². The van der Waals surface area contributed by atoms with Gasteiger partial charge in [0.1, 0.15) is 5.82 Å². The Balaban J connectivity index is 1.61. The highest BCUT2D eigenvalue weighted by Gasteiger charge is 2.21. The maximum Gasteiger partial charge on any atom is 0.276 e. The zero-order chi connectivity index (χ0) is 21.8. The second-order valence-corrected chi connectivity index (χ2v) is 7.64. The van der Waals surface area contributed by atoms with Crippen molar-refractivity contribution in [3.05, 3.63) is 95.1 Å². The minimum atomic E-state index is -0.618. The number of aryl methyl sites for hydroxylation is 1. The van der Waals surface area contributed by atoms with Crippen LogP contribution < -0.4 is 10.6 Å². The van der Waals surface area contributed by atoms with Crippen LogP contribution in [0.4, 0.5) is 15.8 Å². The van der Waals surface area contributed by atoms with Crippen LogP contribution >= 0.6 is 11.3 Å². The van der Waals surface area contributed by atoms with E-state index >= 15 is 0 Å². The fourth-order valence-corrected chi connectivity index (χ4v) is 3.73. The van der Waals surface area contributed by atoms with Crippen LogP contribution in [-0.2, 0) is 0 Å². The molecule has 4 aromatic rings. The molecule has 0 saturated heterocycles. The monoisotopic (exact) mass is 432 g/mol. The van der Waals surface area contributed by atoms with E-state index in [0.717, 1.165) is 16.0 Å². The van der Waals surface area contributed by atoms with Gasteiger partial charge in [-0.25, -0.2) is 14.4 Å². The van der Waals surface area contributed by atoms with Crippen molar-refractivity contribution in [3.63, 3.8) is 0 Å². The summed E-state index contributed by atoms with van der Waals surface area (Å²) < 4.78 is 13.1. The van der Waals surface area contributed by atoms with Gasteiger partial charge in [0, 0.05) is 34.2 Å². The highest BCUT2D eigenvalue weighted by atomic mass is 32.1. The number of hydrogen-bond donors (Lipinski definition) is 2. The quantitative estimate of drug-likeness (QED) is 0.456. The fraction of sp³-hybridized carbons (Fsp3) is 0.0435. The summed E-state index contributed by atoms with van der Waals surface area (Å²) in [5.41, 5.74) is 2.68. The van der Waals surface area contributed by atoms with Crippen molar-refractivity contribution in [2.24, 2.45) is 0 Å². The fourth-order valence-electron chi connectivity index (χ4n) is 2.98. The molecule has 0 aliphatic heterocycles. The molecule has 154 valence electrons. The number of anilines is 2. The third-order valence-electron chi connectivity index (χ3n) is 4.44. The summed E-state index contributed by atoms with van der Waals surface area (Å²) in [7, 11) is 0. The first-order chi connectivity index (χ1) is 15.0. The summed E-state index contributed by atoms with van der Waals surface area (Å²) in [6.45, 7) is 1.98. The third-order valence-corrected chi connectivity index (χ3v) is 5.34. The van der Waals surface area contributed by atoms with Crippen LogP contribution in [0.3, 0.4) is 0 Å². The van der Waals surface area contributed by atoms with Crippen molar-refractivity contribution in [1.82, 2.24) is 9.97 Å². The van der Waals surface area contributed by atoms with Crippen LogP contribution in [0.5, 0.6) is 0 Å². The summed E-state index contributed by atoms with van der Waals surface area (Å²) in [6, 6.07) is 14.9. The number of nitrogens with zero attached hydrogens (tertiary/aromatic N) is 2. The van der Waals surface area contributed by atoms with Gasteiger partial charge in [0.2, 0.25) is 0 Å². The van der Waals surface area contributed by atoms with Gasteiger partial charge in [0.15, 0.2) is 11.4 Å². The molecule has 0 fully saturated rings.